The lowest BCUT2D eigenvalue weighted by Gasteiger charge is -2.07. The monoisotopic (exact) mass is 280 g/mol. The molecule has 0 fully saturated rings. The molecular weight excluding hydrogens is 269 g/mol. The number of anilines is 2. The van der Waals surface area contributed by atoms with E-state index in [9.17, 15) is 18.0 Å². The second-order valence-electron chi connectivity index (χ2n) is 4.23. The highest BCUT2D eigenvalue weighted by Gasteiger charge is 2.10. The second kappa shape index (κ2) is 5.64. The first kappa shape index (κ1) is 13.9. The van der Waals surface area contributed by atoms with Gasteiger partial charge in [-0.2, -0.15) is 0 Å². The quantitative estimate of drug-likeness (QED) is 0.849. The van der Waals surface area contributed by atoms with Crippen LogP contribution < -0.4 is 11.1 Å². The molecule has 0 saturated heterocycles. The lowest BCUT2D eigenvalue weighted by atomic mass is 10.1. The minimum Gasteiger partial charge on any atom is -0.399 e. The molecule has 104 valence electrons. The molecule has 0 heterocycles. The van der Waals surface area contributed by atoms with Crippen molar-refractivity contribution in [2.45, 2.75) is 6.42 Å². The van der Waals surface area contributed by atoms with Crippen molar-refractivity contribution in [2.24, 2.45) is 0 Å². The Morgan fingerprint density at radius 1 is 1.05 bits per heavy atom. The van der Waals surface area contributed by atoms with Crippen LogP contribution in [-0.4, -0.2) is 5.91 Å². The molecule has 0 spiro atoms. The first-order valence-electron chi connectivity index (χ1n) is 5.74. The van der Waals surface area contributed by atoms with Crippen molar-refractivity contribution < 1.29 is 18.0 Å². The maximum atomic E-state index is 13.4. The zero-order chi connectivity index (χ0) is 14.7. The predicted molar refractivity (Wildman–Crippen MR) is 69.5 cm³/mol. The van der Waals surface area contributed by atoms with Crippen molar-refractivity contribution in [1.29, 1.82) is 0 Å². The van der Waals surface area contributed by atoms with E-state index in [1.54, 1.807) is 0 Å². The largest absolute Gasteiger partial charge is 0.399 e. The van der Waals surface area contributed by atoms with E-state index in [2.05, 4.69) is 5.32 Å². The fourth-order valence-electron chi connectivity index (χ4n) is 1.73. The van der Waals surface area contributed by atoms with Crippen LogP contribution in [-0.2, 0) is 11.2 Å². The van der Waals surface area contributed by atoms with Crippen LogP contribution in [0, 0.1) is 17.5 Å². The fourth-order valence-corrected chi connectivity index (χ4v) is 1.73. The number of halogens is 3. The Morgan fingerprint density at radius 3 is 2.45 bits per heavy atom. The molecular formula is C14H11F3N2O. The highest BCUT2D eigenvalue weighted by atomic mass is 19.1. The summed E-state index contributed by atoms with van der Waals surface area (Å²) in [4.78, 5) is 11.7. The van der Waals surface area contributed by atoms with Crippen LogP contribution in [0.2, 0.25) is 0 Å². The summed E-state index contributed by atoms with van der Waals surface area (Å²) in [5.41, 5.74) is 5.82. The van der Waals surface area contributed by atoms with Gasteiger partial charge in [-0.15, -0.1) is 0 Å². The van der Waals surface area contributed by atoms with Crippen LogP contribution in [0.15, 0.2) is 36.4 Å². The predicted octanol–water partition coefficient (Wildman–Crippen LogP) is 2.87. The van der Waals surface area contributed by atoms with E-state index >= 15 is 0 Å². The number of carbonyl (C=O) groups is 1. The Hall–Kier alpha value is -2.50. The Bertz CT molecular complexity index is 639. The Balaban J connectivity index is 2.09. The molecule has 0 saturated carbocycles. The van der Waals surface area contributed by atoms with E-state index in [4.69, 9.17) is 5.73 Å². The minimum absolute atomic E-state index is 0.0493. The number of hydrogen-bond acceptors (Lipinski definition) is 2. The molecule has 0 aliphatic rings. The van der Waals surface area contributed by atoms with E-state index in [-0.39, 0.29) is 23.4 Å². The van der Waals surface area contributed by atoms with E-state index < -0.39 is 23.4 Å². The topological polar surface area (TPSA) is 55.1 Å². The van der Waals surface area contributed by atoms with Gasteiger partial charge in [0.15, 0.2) is 0 Å². The van der Waals surface area contributed by atoms with Crippen molar-refractivity contribution >= 4 is 17.3 Å². The van der Waals surface area contributed by atoms with Gasteiger partial charge in [0.25, 0.3) is 0 Å². The van der Waals surface area contributed by atoms with Gasteiger partial charge in [0.1, 0.15) is 17.5 Å². The van der Waals surface area contributed by atoms with Crippen LogP contribution in [0.5, 0.6) is 0 Å². The Kier molecular flexibility index (Phi) is 3.93. The Morgan fingerprint density at radius 2 is 1.80 bits per heavy atom. The normalized spacial score (nSPS) is 10.3. The van der Waals surface area contributed by atoms with Gasteiger partial charge in [0, 0.05) is 17.4 Å². The third kappa shape index (κ3) is 3.50. The summed E-state index contributed by atoms with van der Waals surface area (Å²) in [7, 11) is 0. The number of nitrogens with two attached hydrogens (primary N) is 1. The van der Waals surface area contributed by atoms with Gasteiger partial charge in [-0.25, -0.2) is 13.2 Å². The molecule has 2 aromatic carbocycles. The first-order chi connectivity index (χ1) is 9.44. The number of amides is 1. The molecule has 0 radical (unpaired) electrons. The molecule has 0 aliphatic heterocycles. The third-order valence-corrected chi connectivity index (χ3v) is 2.57. The standard InChI is InChI=1S/C14H11F3N2O/c15-9-2-1-8(13(17)6-9)3-14(20)19-12-5-10(16)4-11(18)7-12/h1-2,4-7H,3,18H2,(H,19,20). The smallest absolute Gasteiger partial charge is 0.228 e. The summed E-state index contributed by atoms with van der Waals surface area (Å²) in [5.74, 6) is -2.67. The summed E-state index contributed by atoms with van der Waals surface area (Å²) in [6.07, 6.45) is -0.289. The number of hydrogen-bond donors (Lipinski definition) is 2. The molecule has 0 aliphatic carbocycles. The van der Waals surface area contributed by atoms with Gasteiger partial charge in [-0.3, -0.25) is 4.79 Å². The fraction of sp³-hybridized carbons (Fsp3) is 0.0714. The SMILES string of the molecule is Nc1cc(F)cc(NC(=O)Cc2ccc(F)cc2F)c1. The van der Waals surface area contributed by atoms with E-state index in [0.717, 1.165) is 18.2 Å². The average Bonchev–Trinajstić information content (AvgIpc) is 2.31. The van der Waals surface area contributed by atoms with Gasteiger partial charge < -0.3 is 11.1 Å². The van der Waals surface area contributed by atoms with Gasteiger partial charge in [0.2, 0.25) is 5.91 Å². The molecule has 3 N–H and O–H groups in total. The van der Waals surface area contributed by atoms with Crippen LogP contribution in [0.3, 0.4) is 0 Å². The minimum atomic E-state index is -0.807. The summed E-state index contributed by atoms with van der Waals surface area (Å²) in [5, 5.41) is 2.39. The van der Waals surface area contributed by atoms with E-state index in [1.807, 2.05) is 0 Å². The van der Waals surface area contributed by atoms with Crippen molar-refractivity contribution in [3.8, 4) is 0 Å². The summed E-state index contributed by atoms with van der Waals surface area (Å²) in [6.45, 7) is 0. The molecule has 0 bridgehead atoms. The van der Waals surface area contributed by atoms with Crippen LogP contribution >= 0.6 is 0 Å². The average molecular weight is 280 g/mol. The Labute approximate surface area is 113 Å². The number of nitrogen functional groups attached to an aromatic ring is 1. The number of carbonyl (C=O) groups excluding carboxylic acids is 1. The van der Waals surface area contributed by atoms with Gasteiger partial charge >= 0.3 is 0 Å². The van der Waals surface area contributed by atoms with Crippen molar-refractivity contribution in [3.05, 3.63) is 59.4 Å². The molecule has 1 amide bonds. The van der Waals surface area contributed by atoms with Gasteiger partial charge in [-0.1, -0.05) is 6.07 Å². The highest BCUT2D eigenvalue weighted by molar-refractivity contribution is 5.92. The zero-order valence-electron chi connectivity index (χ0n) is 10.3. The number of rotatable bonds is 3. The van der Waals surface area contributed by atoms with Gasteiger partial charge in [-0.05, 0) is 29.8 Å². The van der Waals surface area contributed by atoms with Crippen molar-refractivity contribution in [1.82, 2.24) is 0 Å². The molecule has 20 heavy (non-hydrogen) atoms. The molecule has 6 heteroatoms. The highest BCUT2D eigenvalue weighted by Crippen LogP contribution is 2.16. The summed E-state index contributed by atoms with van der Waals surface area (Å²) in [6, 6.07) is 6.52. The molecule has 2 rings (SSSR count). The zero-order valence-corrected chi connectivity index (χ0v) is 10.3. The van der Waals surface area contributed by atoms with E-state index in [1.165, 1.54) is 12.1 Å². The van der Waals surface area contributed by atoms with Gasteiger partial charge in [0.05, 0.1) is 6.42 Å². The van der Waals surface area contributed by atoms with Crippen LogP contribution in [0.1, 0.15) is 5.56 Å². The van der Waals surface area contributed by atoms with Crippen molar-refractivity contribution in [3.63, 3.8) is 0 Å². The maximum Gasteiger partial charge on any atom is 0.228 e. The third-order valence-electron chi connectivity index (χ3n) is 2.57. The number of nitrogens with one attached hydrogen (secondary N) is 1. The summed E-state index contributed by atoms with van der Waals surface area (Å²) >= 11 is 0. The molecule has 0 aromatic heterocycles. The molecule has 0 unspecified atom stereocenters. The van der Waals surface area contributed by atoms with Crippen LogP contribution in [0.25, 0.3) is 0 Å². The van der Waals surface area contributed by atoms with Crippen LogP contribution in [0.4, 0.5) is 24.5 Å². The maximum absolute atomic E-state index is 13.4. The van der Waals surface area contributed by atoms with Crippen molar-refractivity contribution in [2.75, 3.05) is 11.1 Å². The van der Waals surface area contributed by atoms with E-state index in [0.29, 0.717) is 6.07 Å². The lowest BCUT2D eigenvalue weighted by molar-refractivity contribution is -0.115. The first-order valence-corrected chi connectivity index (χ1v) is 5.74. The molecule has 3 nitrogen and oxygen atoms in total. The molecule has 0 atom stereocenters. The summed E-state index contributed by atoms with van der Waals surface area (Å²) < 4.78 is 39.2. The lowest BCUT2D eigenvalue weighted by Crippen LogP contribution is -2.15. The molecule has 2 aromatic rings. The number of benzene rings is 2. The second-order valence-corrected chi connectivity index (χ2v) is 4.23.